The molecule has 0 aliphatic carbocycles. The van der Waals surface area contributed by atoms with Crippen LogP contribution in [-0.2, 0) is 6.54 Å². The van der Waals surface area contributed by atoms with Gasteiger partial charge in [-0.3, -0.25) is 4.79 Å². The maximum Gasteiger partial charge on any atom is 0.268 e. The number of hydrogen-bond acceptors (Lipinski definition) is 1. The molecule has 2 rings (SSSR count). The van der Waals surface area contributed by atoms with Crippen molar-refractivity contribution in [3.05, 3.63) is 58.1 Å². The topological polar surface area (TPSA) is 34.0 Å². The molecule has 5 heteroatoms. The van der Waals surface area contributed by atoms with Gasteiger partial charge in [-0.15, -0.1) is 0 Å². The van der Waals surface area contributed by atoms with Crippen molar-refractivity contribution in [3.8, 4) is 0 Å². The van der Waals surface area contributed by atoms with Crippen molar-refractivity contribution in [3.63, 3.8) is 0 Å². The third-order valence-corrected chi connectivity index (χ3v) is 3.51. The molecule has 0 unspecified atom stereocenters. The van der Waals surface area contributed by atoms with E-state index in [0.29, 0.717) is 11.3 Å². The second-order valence-corrected chi connectivity index (χ2v) is 5.73. The van der Waals surface area contributed by atoms with Crippen LogP contribution in [0.2, 0.25) is 0 Å². The van der Waals surface area contributed by atoms with Crippen LogP contribution in [0, 0.1) is 5.82 Å². The van der Waals surface area contributed by atoms with Gasteiger partial charge in [0.1, 0.15) is 11.5 Å². The number of nitrogens with zero attached hydrogens (tertiary/aromatic N) is 1. The number of carbonyl (C=O) groups excluding carboxylic acids is 1. The number of carbonyl (C=O) groups is 1. The zero-order valence-electron chi connectivity index (χ0n) is 11.4. The standard InChI is InChI=1S/C15H16BrFN2O/c1-10(2)19-7-3-4-14(19)15(20)18-9-11-8-12(16)5-6-13(11)17/h3-8,10H,9H2,1-2H3,(H,18,20). The average molecular weight is 339 g/mol. The summed E-state index contributed by atoms with van der Waals surface area (Å²) in [5.41, 5.74) is 1.03. The van der Waals surface area contributed by atoms with Gasteiger partial charge in [-0.25, -0.2) is 4.39 Å². The van der Waals surface area contributed by atoms with Crippen LogP contribution in [0.15, 0.2) is 41.0 Å². The molecule has 1 heterocycles. The van der Waals surface area contributed by atoms with Crippen molar-refractivity contribution >= 4 is 21.8 Å². The fraction of sp³-hybridized carbons (Fsp3) is 0.267. The predicted molar refractivity (Wildman–Crippen MR) is 80.1 cm³/mol. The van der Waals surface area contributed by atoms with Gasteiger partial charge in [0.15, 0.2) is 0 Å². The van der Waals surface area contributed by atoms with E-state index >= 15 is 0 Å². The molecule has 0 aliphatic rings. The molecule has 0 atom stereocenters. The molecule has 3 nitrogen and oxygen atoms in total. The van der Waals surface area contributed by atoms with Crippen molar-refractivity contribution in [2.24, 2.45) is 0 Å². The fourth-order valence-corrected chi connectivity index (χ4v) is 2.39. The number of halogens is 2. The van der Waals surface area contributed by atoms with E-state index in [1.54, 1.807) is 18.2 Å². The van der Waals surface area contributed by atoms with Crippen LogP contribution in [0.5, 0.6) is 0 Å². The Bertz CT molecular complexity index is 622. The van der Waals surface area contributed by atoms with Crippen molar-refractivity contribution in [2.75, 3.05) is 0 Å². The highest BCUT2D eigenvalue weighted by Gasteiger charge is 2.13. The van der Waals surface area contributed by atoms with Gasteiger partial charge in [0.05, 0.1) is 0 Å². The molecule has 0 aliphatic heterocycles. The maximum atomic E-state index is 13.6. The first-order valence-electron chi connectivity index (χ1n) is 6.38. The number of aromatic nitrogens is 1. The van der Waals surface area contributed by atoms with Crippen LogP contribution < -0.4 is 5.32 Å². The number of rotatable bonds is 4. The Kier molecular flexibility index (Phi) is 4.60. The molecular weight excluding hydrogens is 323 g/mol. The largest absolute Gasteiger partial charge is 0.347 e. The highest BCUT2D eigenvalue weighted by Crippen LogP contribution is 2.16. The summed E-state index contributed by atoms with van der Waals surface area (Å²) < 4.78 is 16.3. The van der Waals surface area contributed by atoms with Gasteiger partial charge in [0.25, 0.3) is 5.91 Å². The number of benzene rings is 1. The monoisotopic (exact) mass is 338 g/mol. The van der Waals surface area contributed by atoms with Gasteiger partial charge in [0.2, 0.25) is 0 Å². The minimum atomic E-state index is -0.326. The van der Waals surface area contributed by atoms with E-state index in [4.69, 9.17) is 0 Å². The van der Waals surface area contributed by atoms with Crippen LogP contribution in [0.25, 0.3) is 0 Å². The van der Waals surface area contributed by atoms with Crippen molar-refractivity contribution < 1.29 is 9.18 Å². The fourth-order valence-electron chi connectivity index (χ4n) is 1.98. The van der Waals surface area contributed by atoms with Gasteiger partial charge >= 0.3 is 0 Å². The molecule has 20 heavy (non-hydrogen) atoms. The highest BCUT2D eigenvalue weighted by atomic mass is 79.9. The lowest BCUT2D eigenvalue weighted by molar-refractivity contribution is 0.0940. The van der Waals surface area contributed by atoms with Gasteiger partial charge < -0.3 is 9.88 Å². The Morgan fingerprint density at radius 3 is 2.85 bits per heavy atom. The number of hydrogen-bond donors (Lipinski definition) is 1. The molecule has 1 amide bonds. The molecule has 0 saturated heterocycles. The lowest BCUT2D eigenvalue weighted by atomic mass is 10.2. The molecule has 0 radical (unpaired) electrons. The second kappa shape index (κ2) is 6.22. The first-order valence-corrected chi connectivity index (χ1v) is 7.17. The third-order valence-electron chi connectivity index (χ3n) is 3.02. The van der Waals surface area contributed by atoms with Crippen LogP contribution >= 0.6 is 15.9 Å². The minimum absolute atomic E-state index is 0.160. The quantitative estimate of drug-likeness (QED) is 0.901. The number of amides is 1. The summed E-state index contributed by atoms with van der Waals surface area (Å²) in [7, 11) is 0. The van der Waals surface area contributed by atoms with Crippen molar-refractivity contribution in [1.82, 2.24) is 9.88 Å². The molecule has 0 bridgehead atoms. The van der Waals surface area contributed by atoms with Crippen LogP contribution in [-0.4, -0.2) is 10.5 Å². The normalized spacial score (nSPS) is 10.8. The Labute approximate surface area is 125 Å². The summed E-state index contributed by atoms with van der Waals surface area (Å²) in [5, 5.41) is 2.74. The Morgan fingerprint density at radius 2 is 2.15 bits per heavy atom. The molecule has 1 N–H and O–H groups in total. The summed E-state index contributed by atoms with van der Waals surface area (Å²) in [4.78, 5) is 12.1. The van der Waals surface area contributed by atoms with Crippen LogP contribution in [0.4, 0.5) is 4.39 Å². The molecule has 1 aromatic carbocycles. The number of nitrogens with one attached hydrogen (secondary N) is 1. The van der Waals surface area contributed by atoms with E-state index in [1.807, 2.05) is 30.7 Å². The van der Waals surface area contributed by atoms with Crippen molar-refractivity contribution in [1.29, 1.82) is 0 Å². The van der Waals surface area contributed by atoms with Gasteiger partial charge in [-0.2, -0.15) is 0 Å². The first kappa shape index (κ1) is 14.8. The summed E-state index contributed by atoms with van der Waals surface area (Å²) in [6, 6.07) is 8.46. The smallest absolute Gasteiger partial charge is 0.268 e. The van der Waals surface area contributed by atoms with E-state index < -0.39 is 0 Å². The van der Waals surface area contributed by atoms with E-state index in [-0.39, 0.29) is 24.3 Å². The molecule has 1 aromatic heterocycles. The minimum Gasteiger partial charge on any atom is -0.347 e. The average Bonchev–Trinajstić information content (AvgIpc) is 2.89. The van der Waals surface area contributed by atoms with Gasteiger partial charge in [-0.05, 0) is 44.2 Å². The van der Waals surface area contributed by atoms with E-state index in [1.165, 1.54) is 6.07 Å². The summed E-state index contributed by atoms with van der Waals surface area (Å²) in [6.07, 6.45) is 1.86. The SMILES string of the molecule is CC(C)n1cccc1C(=O)NCc1cc(Br)ccc1F. The second-order valence-electron chi connectivity index (χ2n) is 4.81. The van der Waals surface area contributed by atoms with E-state index in [9.17, 15) is 9.18 Å². The van der Waals surface area contributed by atoms with E-state index in [0.717, 1.165) is 4.47 Å². The molecular formula is C15H16BrFN2O. The maximum absolute atomic E-state index is 13.6. The summed E-state index contributed by atoms with van der Waals surface area (Å²) in [6.45, 7) is 4.17. The third kappa shape index (κ3) is 3.28. The molecule has 0 fully saturated rings. The zero-order chi connectivity index (χ0) is 14.7. The predicted octanol–water partition coefficient (Wildman–Crippen LogP) is 3.90. The Morgan fingerprint density at radius 1 is 1.40 bits per heavy atom. The van der Waals surface area contributed by atoms with E-state index in [2.05, 4.69) is 21.2 Å². The molecule has 2 aromatic rings. The summed E-state index contributed by atoms with van der Waals surface area (Å²) in [5.74, 6) is -0.532. The van der Waals surface area contributed by atoms with Crippen LogP contribution in [0.1, 0.15) is 35.9 Å². The lowest BCUT2D eigenvalue weighted by Gasteiger charge is -2.13. The molecule has 106 valence electrons. The van der Waals surface area contributed by atoms with Crippen molar-refractivity contribution in [2.45, 2.75) is 26.4 Å². The molecule has 0 spiro atoms. The first-order chi connectivity index (χ1) is 9.49. The summed E-state index contributed by atoms with van der Waals surface area (Å²) >= 11 is 3.29. The lowest BCUT2D eigenvalue weighted by Crippen LogP contribution is -2.26. The van der Waals surface area contributed by atoms with Gasteiger partial charge in [0, 0.05) is 28.8 Å². The zero-order valence-corrected chi connectivity index (χ0v) is 12.9. The highest BCUT2D eigenvalue weighted by molar-refractivity contribution is 9.10. The Hall–Kier alpha value is -1.62. The Balaban J connectivity index is 2.09. The molecule has 0 saturated carbocycles. The van der Waals surface area contributed by atoms with Crippen LogP contribution in [0.3, 0.4) is 0 Å². The van der Waals surface area contributed by atoms with Gasteiger partial charge in [-0.1, -0.05) is 15.9 Å².